The van der Waals surface area contributed by atoms with Crippen LogP contribution >= 0.6 is 11.8 Å². The molecule has 1 aliphatic heterocycles. The molecule has 0 atom stereocenters. The number of rotatable bonds is 4. The van der Waals surface area contributed by atoms with E-state index in [2.05, 4.69) is 0 Å². The average Bonchev–Trinajstić information content (AvgIpc) is 3.13. The van der Waals surface area contributed by atoms with Crippen molar-refractivity contribution in [1.29, 1.82) is 0 Å². The fraction of sp³-hybridized carbons (Fsp3) is 0.176. The molecule has 1 aromatic carbocycles. The van der Waals surface area contributed by atoms with Crippen LogP contribution in [0.15, 0.2) is 39.7 Å². The van der Waals surface area contributed by atoms with Crippen LogP contribution in [-0.2, 0) is 9.59 Å². The molecular formula is C17H14O5S. The lowest BCUT2D eigenvalue weighted by Gasteiger charge is -2.08. The van der Waals surface area contributed by atoms with Crippen molar-refractivity contribution in [3.8, 4) is 22.8 Å². The van der Waals surface area contributed by atoms with Gasteiger partial charge in [0.15, 0.2) is 5.78 Å². The Labute approximate surface area is 137 Å². The van der Waals surface area contributed by atoms with Crippen molar-refractivity contribution in [2.45, 2.75) is 6.42 Å². The molecule has 0 aliphatic carbocycles. The Morgan fingerprint density at radius 3 is 2.61 bits per heavy atom. The van der Waals surface area contributed by atoms with E-state index in [1.807, 2.05) is 6.07 Å². The van der Waals surface area contributed by atoms with Crippen LogP contribution in [0.3, 0.4) is 0 Å². The number of thioether (sulfide) groups is 1. The van der Waals surface area contributed by atoms with Crippen molar-refractivity contribution in [3.05, 3.63) is 41.0 Å². The average molecular weight is 330 g/mol. The van der Waals surface area contributed by atoms with E-state index in [0.29, 0.717) is 27.9 Å². The Morgan fingerprint density at radius 2 is 1.96 bits per heavy atom. The summed E-state index contributed by atoms with van der Waals surface area (Å²) in [5, 5.41) is -0.137. The number of ketones is 1. The molecule has 1 aliphatic rings. The molecule has 0 amide bonds. The van der Waals surface area contributed by atoms with Crippen LogP contribution in [0.25, 0.3) is 17.4 Å². The highest BCUT2D eigenvalue weighted by Gasteiger charge is 2.26. The van der Waals surface area contributed by atoms with Gasteiger partial charge in [-0.05, 0) is 48.2 Å². The van der Waals surface area contributed by atoms with Gasteiger partial charge in [0.1, 0.15) is 23.0 Å². The summed E-state index contributed by atoms with van der Waals surface area (Å²) in [7, 11) is 3.17. The Hall–Kier alpha value is -2.47. The Bertz CT molecular complexity index is 803. The van der Waals surface area contributed by atoms with Gasteiger partial charge >= 0.3 is 0 Å². The third-order valence-electron chi connectivity index (χ3n) is 3.38. The van der Waals surface area contributed by atoms with Crippen molar-refractivity contribution in [3.63, 3.8) is 0 Å². The first-order valence-corrected chi connectivity index (χ1v) is 7.70. The molecule has 0 bridgehead atoms. The minimum absolute atomic E-state index is 0.0478. The maximum Gasteiger partial charge on any atom is 0.201 e. The van der Waals surface area contributed by atoms with E-state index in [1.165, 1.54) is 0 Å². The predicted octanol–water partition coefficient (Wildman–Crippen LogP) is 3.54. The Kier molecular flexibility index (Phi) is 4.25. The van der Waals surface area contributed by atoms with Gasteiger partial charge in [-0.3, -0.25) is 9.59 Å². The zero-order chi connectivity index (χ0) is 16.4. The molecule has 2 aromatic rings. The molecule has 0 spiro atoms. The number of methoxy groups -OCH3 is 2. The summed E-state index contributed by atoms with van der Waals surface area (Å²) in [4.78, 5) is 23.3. The molecule has 5 nitrogen and oxygen atoms in total. The van der Waals surface area contributed by atoms with Crippen LogP contribution in [0.1, 0.15) is 12.2 Å². The molecule has 1 saturated heterocycles. The number of carbonyl (C=O) groups is 2. The molecule has 1 fully saturated rings. The molecule has 0 saturated carbocycles. The van der Waals surface area contributed by atoms with Crippen LogP contribution in [0.2, 0.25) is 0 Å². The first-order valence-electron chi connectivity index (χ1n) is 6.88. The topological polar surface area (TPSA) is 65.7 Å². The molecule has 23 heavy (non-hydrogen) atoms. The van der Waals surface area contributed by atoms with Gasteiger partial charge in [0, 0.05) is 0 Å². The second-order valence-electron chi connectivity index (χ2n) is 4.85. The maximum atomic E-state index is 11.7. The van der Waals surface area contributed by atoms with Crippen molar-refractivity contribution >= 4 is 28.7 Å². The molecule has 0 unspecified atom stereocenters. The molecule has 6 heteroatoms. The van der Waals surface area contributed by atoms with Gasteiger partial charge in [-0.2, -0.15) is 0 Å². The van der Waals surface area contributed by atoms with Gasteiger partial charge in [0.2, 0.25) is 5.12 Å². The molecule has 0 N–H and O–H groups in total. The third kappa shape index (κ3) is 3.17. The summed E-state index contributed by atoms with van der Waals surface area (Å²) >= 11 is 0.955. The zero-order valence-corrected chi connectivity index (χ0v) is 13.4. The third-order valence-corrected chi connectivity index (χ3v) is 4.31. The van der Waals surface area contributed by atoms with Gasteiger partial charge < -0.3 is 13.9 Å². The van der Waals surface area contributed by atoms with Crippen LogP contribution in [0.4, 0.5) is 0 Å². The summed E-state index contributed by atoms with van der Waals surface area (Å²) < 4.78 is 16.3. The molecule has 3 rings (SSSR count). The predicted molar refractivity (Wildman–Crippen MR) is 87.4 cm³/mol. The number of allylic oxidation sites excluding steroid dienone is 1. The number of benzene rings is 1. The van der Waals surface area contributed by atoms with E-state index in [1.54, 1.807) is 44.6 Å². The molecule has 0 radical (unpaired) electrons. The van der Waals surface area contributed by atoms with Gasteiger partial charge in [-0.25, -0.2) is 0 Å². The minimum atomic E-state index is -0.170. The van der Waals surface area contributed by atoms with E-state index < -0.39 is 0 Å². The number of furan rings is 1. The fourth-order valence-corrected chi connectivity index (χ4v) is 3.06. The zero-order valence-electron chi connectivity index (χ0n) is 12.6. The number of ether oxygens (including phenoxy) is 2. The summed E-state index contributed by atoms with van der Waals surface area (Å²) in [6.07, 6.45) is 1.54. The van der Waals surface area contributed by atoms with Crippen molar-refractivity contribution in [2.75, 3.05) is 14.2 Å². The Morgan fingerprint density at radius 1 is 1.13 bits per heavy atom. The molecular weight excluding hydrogens is 316 g/mol. The number of Topliss-reactive ketones (excluding diaryl/α,β-unsaturated/α-hetero) is 1. The second kappa shape index (κ2) is 6.34. The summed E-state index contributed by atoms with van der Waals surface area (Å²) in [5.41, 5.74) is 0.748. The summed E-state index contributed by atoms with van der Waals surface area (Å²) in [6.45, 7) is 0. The highest BCUT2D eigenvalue weighted by Crippen LogP contribution is 2.36. The second-order valence-corrected chi connectivity index (χ2v) is 5.95. The highest BCUT2D eigenvalue weighted by atomic mass is 32.2. The monoisotopic (exact) mass is 330 g/mol. The van der Waals surface area contributed by atoms with Gasteiger partial charge in [0.05, 0.1) is 31.1 Å². The number of carbonyl (C=O) groups excluding carboxylic acids is 2. The largest absolute Gasteiger partial charge is 0.497 e. The van der Waals surface area contributed by atoms with E-state index in [4.69, 9.17) is 13.9 Å². The number of hydrogen-bond acceptors (Lipinski definition) is 6. The van der Waals surface area contributed by atoms with Crippen molar-refractivity contribution < 1.29 is 23.5 Å². The van der Waals surface area contributed by atoms with Gasteiger partial charge in [-0.1, -0.05) is 0 Å². The molecule has 1 aromatic heterocycles. The Balaban J connectivity index is 1.95. The van der Waals surface area contributed by atoms with E-state index in [9.17, 15) is 9.59 Å². The normalized spacial score (nSPS) is 16.2. The lowest BCUT2D eigenvalue weighted by molar-refractivity contribution is -0.119. The SMILES string of the molecule is COc1ccc(OC)c(-c2ccc(/C=C3\SC(=O)CC3=O)o2)c1. The van der Waals surface area contributed by atoms with Crippen molar-refractivity contribution in [1.82, 2.24) is 0 Å². The smallest absolute Gasteiger partial charge is 0.201 e. The maximum absolute atomic E-state index is 11.7. The van der Waals surface area contributed by atoms with Gasteiger partial charge in [-0.15, -0.1) is 0 Å². The van der Waals surface area contributed by atoms with E-state index in [0.717, 1.165) is 17.3 Å². The number of hydrogen-bond donors (Lipinski definition) is 0. The van der Waals surface area contributed by atoms with Crippen LogP contribution < -0.4 is 9.47 Å². The van der Waals surface area contributed by atoms with Crippen LogP contribution in [-0.4, -0.2) is 25.1 Å². The highest BCUT2D eigenvalue weighted by molar-refractivity contribution is 8.18. The quantitative estimate of drug-likeness (QED) is 0.631. The fourth-order valence-electron chi connectivity index (χ4n) is 2.25. The first-order chi connectivity index (χ1) is 11.1. The standard InChI is InChI=1S/C17H14O5S/c1-20-10-3-5-14(21-2)12(7-10)15-6-4-11(22-15)8-16-13(18)9-17(19)23-16/h3-8H,9H2,1-2H3/b16-8-. The lowest BCUT2D eigenvalue weighted by Crippen LogP contribution is -1.91. The van der Waals surface area contributed by atoms with Gasteiger partial charge in [0.25, 0.3) is 0 Å². The lowest BCUT2D eigenvalue weighted by atomic mass is 10.1. The van der Waals surface area contributed by atoms with Crippen molar-refractivity contribution in [2.24, 2.45) is 0 Å². The van der Waals surface area contributed by atoms with Crippen LogP contribution in [0.5, 0.6) is 11.5 Å². The summed E-state index contributed by atoms with van der Waals surface area (Å²) in [5.74, 6) is 2.27. The van der Waals surface area contributed by atoms with E-state index >= 15 is 0 Å². The van der Waals surface area contributed by atoms with E-state index in [-0.39, 0.29) is 17.3 Å². The summed E-state index contributed by atoms with van der Waals surface area (Å²) in [6, 6.07) is 8.94. The minimum Gasteiger partial charge on any atom is -0.497 e. The first kappa shape index (κ1) is 15.4. The molecule has 2 heterocycles. The molecule has 118 valence electrons. The van der Waals surface area contributed by atoms with Crippen LogP contribution in [0, 0.1) is 0 Å².